The number of halogens is 6. The van der Waals surface area contributed by atoms with E-state index in [-0.39, 0.29) is 88.9 Å². The fourth-order valence-corrected chi connectivity index (χ4v) is 9.21. The first-order valence-corrected chi connectivity index (χ1v) is 24.4. The standard InChI is InChI=1S/C55H55F6N9O8/c1-8-77-50(73)46-34(4)68(41-14-10-12-39(27-41)54(56,57)58)52(75)66(48(46)38-19-16-36(29-62)17-20-38)31-44(71)64-22-24-70(6,7)25-23-65-45(72)32-67-49(43-21-18-37(30-63)26-33(43)3)47(51(74)78-9-2)35(5)69(53(67)76)42-15-11-13-40(28-42)55(59,60)61/h10-21,26-28,48-49H,8-9,22-25,31-32H2,1-7H3,(H-,64,65,71,72)/p+1/t48-,49-/m1/s1. The van der Waals surface area contributed by atoms with E-state index in [1.54, 1.807) is 34.9 Å². The van der Waals surface area contributed by atoms with E-state index in [0.29, 0.717) is 16.7 Å². The number of amides is 6. The van der Waals surface area contributed by atoms with Gasteiger partial charge in [-0.3, -0.25) is 19.4 Å². The second kappa shape index (κ2) is 24.1. The van der Waals surface area contributed by atoms with Crippen molar-refractivity contribution >= 4 is 47.2 Å². The Morgan fingerprint density at radius 2 is 1.04 bits per heavy atom. The van der Waals surface area contributed by atoms with Crippen LogP contribution in [-0.4, -0.2) is 117 Å². The molecule has 410 valence electrons. The topological polar surface area (TPSA) is 205 Å². The summed E-state index contributed by atoms with van der Waals surface area (Å²) in [6.45, 7) is 6.30. The van der Waals surface area contributed by atoms with Crippen LogP contribution in [0.5, 0.6) is 0 Å². The lowest BCUT2D eigenvalue weighted by Crippen LogP contribution is -2.55. The van der Waals surface area contributed by atoms with Gasteiger partial charge in [-0.05, 0) is 112 Å². The first-order chi connectivity index (χ1) is 36.8. The number of allylic oxidation sites excluding steroid dienone is 2. The van der Waals surface area contributed by atoms with Crippen LogP contribution < -0.4 is 20.4 Å². The maximum absolute atomic E-state index is 14.7. The number of anilines is 2. The molecule has 0 bridgehead atoms. The molecule has 2 heterocycles. The smallest absolute Gasteiger partial charge is 0.416 e. The zero-order valence-corrected chi connectivity index (χ0v) is 43.6. The van der Waals surface area contributed by atoms with Gasteiger partial charge in [0.1, 0.15) is 13.1 Å². The fraction of sp³-hybridized carbons (Fsp3) is 0.345. The van der Waals surface area contributed by atoms with Crippen LogP contribution in [0, 0.1) is 29.6 Å². The number of nitriles is 2. The summed E-state index contributed by atoms with van der Waals surface area (Å²) in [7, 11) is 3.56. The lowest BCUT2D eigenvalue weighted by molar-refractivity contribution is -0.887. The number of ether oxygens (including phenoxy) is 2. The molecule has 0 aromatic heterocycles. The average molecular weight is 1090 g/mol. The molecule has 0 fully saturated rings. The number of hydrogen-bond acceptors (Lipinski definition) is 10. The summed E-state index contributed by atoms with van der Waals surface area (Å²) in [6.07, 6.45) is -9.58. The number of likely N-dealkylation sites (N-methyl/N-ethyl adjacent to an activating group) is 1. The monoisotopic (exact) mass is 1080 g/mol. The normalized spacial score (nSPS) is 16.2. The summed E-state index contributed by atoms with van der Waals surface area (Å²) in [6, 6.07) is 17.8. The van der Waals surface area contributed by atoms with Crippen molar-refractivity contribution in [3.63, 3.8) is 0 Å². The van der Waals surface area contributed by atoms with E-state index in [4.69, 9.17) is 9.47 Å². The number of carbonyl (C=O) groups excluding carboxylic acids is 6. The molecule has 0 unspecified atom stereocenters. The molecule has 2 aliphatic rings. The lowest BCUT2D eigenvalue weighted by atomic mass is 9.89. The fourth-order valence-electron chi connectivity index (χ4n) is 9.21. The van der Waals surface area contributed by atoms with Gasteiger partial charge in [0.15, 0.2) is 0 Å². The van der Waals surface area contributed by atoms with Crippen LogP contribution in [0.25, 0.3) is 0 Å². The molecule has 0 saturated heterocycles. The van der Waals surface area contributed by atoms with Gasteiger partial charge >= 0.3 is 36.4 Å². The van der Waals surface area contributed by atoms with Gasteiger partial charge in [-0.15, -0.1) is 0 Å². The van der Waals surface area contributed by atoms with Gasteiger partial charge in [0, 0.05) is 11.4 Å². The highest BCUT2D eigenvalue weighted by Gasteiger charge is 2.46. The lowest BCUT2D eigenvalue weighted by Gasteiger charge is -2.43. The summed E-state index contributed by atoms with van der Waals surface area (Å²) in [5, 5.41) is 24.6. The van der Waals surface area contributed by atoms with Crippen molar-refractivity contribution in [1.29, 1.82) is 10.5 Å². The highest BCUT2D eigenvalue weighted by atomic mass is 19.4. The van der Waals surface area contributed by atoms with E-state index in [9.17, 15) is 65.6 Å². The average Bonchev–Trinajstić information content (AvgIpc) is 3.55. The number of carbonyl (C=O) groups is 6. The molecule has 2 atom stereocenters. The largest absolute Gasteiger partial charge is 0.463 e. The first-order valence-electron chi connectivity index (χ1n) is 24.4. The second-order valence-corrected chi connectivity index (χ2v) is 18.8. The van der Waals surface area contributed by atoms with E-state index >= 15 is 0 Å². The number of nitrogens with zero attached hydrogens (tertiary/aromatic N) is 7. The minimum absolute atomic E-state index is 0.0120. The Kier molecular flexibility index (Phi) is 18.1. The van der Waals surface area contributed by atoms with Crippen molar-refractivity contribution in [1.82, 2.24) is 20.4 Å². The number of urea groups is 2. The molecular formula is C55H56F6N9O8+. The molecule has 0 radical (unpaired) electrons. The maximum atomic E-state index is 14.7. The third kappa shape index (κ3) is 13.1. The molecule has 0 spiro atoms. The van der Waals surface area contributed by atoms with Crippen molar-refractivity contribution in [2.45, 2.75) is 59.1 Å². The molecule has 4 aromatic carbocycles. The van der Waals surface area contributed by atoms with Gasteiger partial charge in [-0.25, -0.2) is 19.2 Å². The number of benzene rings is 4. The molecule has 0 saturated carbocycles. The van der Waals surface area contributed by atoms with Crippen LogP contribution in [0.1, 0.15) is 78.7 Å². The minimum Gasteiger partial charge on any atom is -0.463 e. The van der Waals surface area contributed by atoms with Crippen molar-refractivity contribution in [2.24, 2.45) is 0 Å². The third-order valence-electron chi connectivity index (χ3n) is 13.1. The summed E-state index contributed by atoms with van der Waals surface area (Å²) in [5.74, 6) is -3.23. The Hall–Kier alpha value is -8.70. The van der Waals surface area contributed by atoms with Crippen molar-refractivity contribution in [2.75, 3.05) is 76.4 Å². The Labute approximate surface area is 446 Å². The van der Waals surface area contributed by atoms with Crippen LogP contribution in [0.2, 0.25) is 0 Å². The summed E-state index contributed by atoms with van der Waals surface area (Å²) in [4.78, 5) is 88.6. The number of aryl methyl sites for hydroxylation is 1. The second-order valence-electron chi connectivity index (χ2n) is 18.8. The number of hydrogen-bond donors (Lipinski definition) is 2. The minimum atomic E-state index is -4.79. The molecule has 78 heavy (non-hydrogen) atoms. The van der Waals surface area contributed by atoms with Gasteiger partial charge in [0.25, 0.3) is 0 Å². The highest BCUT2D eigenvalue weighted by Crippen LogP contribution is 2.44. The molecule has 23 heteroatoms. The van der Waals surface area contributed by atoms with E-state index in [2.05, 4.69) is 10.6 Å². The van der Waals surface area contributed by atoms with E-state index in [0.717, 1.165) is 56.0 Å². The zero-order chi connectivity index (χ0) is 57.4. The van der Waals surface area contributed by atoms with Crippen LogP contribution >= 0.6 is 0 Å². The maximum Gasteiger partial charge on any atom is 0.416 e. The van der Waals surface area contributed by atoms with Crippen molar-refractivity contribution in [3.05, 3.63) is 152 Å². The Morgan fingerprint density at radius 1 is 0.615 bits per heavy atom. The summed E-state index contributed by atoms with van der Waals surface area (Å²) < 4.78 is 94.7. The highest BCUT2D eigenvalue weighted by molar-refractivity contribution is 6.06. The van der Waals surface area contributed by atoms with Gasteiger partial charge in [0.05, 0.1) is 122 Å². The van der Waals surface area contributed by atoms with Gasteiger partial charge in [0.2, 0.25) is 11.8 Å². The SMILES string of the molecule is CCOC(=O)C1=C(C)N(c2cccc(C(F)(F)F)c2)C(=O)N(CC(=O)NCC[N+](C)(C)CCNC(=O)CN2C(=O)N(c3cccc(C(F)(F)F)c3)C(C)=C(C(=O)OCC)[C@H]2c2ccc(C#N)cc2C)[C@@H]1c1ccc(C#N)cc1. The molecule has 2 aliphatic heterocycles. The van der Waals surface area contributed by atoms with Crippen molar-refractivity contribution < 1.29 is 69.1 Å². The Bertz CT molecular complexity index is 3140. The summed E-state index contributed by atoms with van der Waals surface area (Å²) >= 11 is 0. The first kappa shape index (κ1) is 58.6. The van der Waals surface area contributed by atoms with E-state index < -0.39 is 84.5 Å². The van der Waals surface area contributed by atoms with Gasteiger partial charge in [-0.2, -0.15) is 36.9 Å². The van der Waals surface area contributed by atoms with Gasteiger partial charge < -0.3 is 34.4 Å². The van der Waals surface area contributed by atoms with Crippen LogP contribution in [-0.2, 0) is 41.0 Å². The number of esters is 2. The van der Waals surface area contributed by atoms with E-state index in [1.807, 2.05) is 12.1 Å². The number of nitrogens with one attached hydrogen (secondary N) is 2. The quantitative estimate of drug-likeness (QED) is 0.0553. The predicted octanol–water partition coefficient (Wildman–Crippen LogP) is 8.43. The van der Waals surface area contributed by atoms with E-state index in [1.165, 1.54) is 68.4 Å². The predicted molar refractivity (Wildman–Crippen MR) is 271 cm³/mol. The molecule has 4 aromatic rings. The Morgan fingerprint density at radius 3 is 1.45 bits per heavy atom. The summed E-state index contributed by atoms with van der Waals surface area (Å²) in [5.41, 5.74) is -1.39. The van der Waals surface area contributed by atoms with Crippen LogP contribution in [0.15, 0.2) is 114 Å². The molecule has 17 nitrogen and oxygen atoms in total. The number of quaternary nitrogens is 1. The van der Waals surface area contributed by atoms with Crippen molar-refractivity contribution in [3.8, 4) is 12.1 Å². The molecule has 6 rings (SSSR count). The Balaban J connectivity index is 1.20. The third-order valence-corrected chi connectivity index (χ3v) is 13.1. The molecule has 0 aliphatic carbocycles. The number of rotatable bonds is 18. The van der Waals surface area contributed by atoms with Crippen LogP contribution in [0.4, 0.5) is 47.3 Å². The molecule has 6 amide bonds. The van der Waals surface area contributed by atoms with Crippen LogP contribution in [0.3, 0.4) is 0 Å². The van der Waals surface area contributed by atoms with Gasteiger partial charge in [-0.1, -0.05) is 30.3 Å². The zero-order valence-electron chi connectivity index (χ0n) is 43.6. The molecule has 2 N–H and O–H groups in total. The number of alkyl halides is 6. The molecular weight excluding hydrogens is 1030 g/mol.